The summed E-state index contributed by atoms with van der Waals surface area (Å²) in [4.78, 5) is 26.2. The summed E-state index contributed by atoms with van der Waals surface area (Å²) in [6.45, 7) is 10.9. The summed E-state index contributed by atoms with van der Waals surface area (Å²) in [6, 6.07) is 4.82. The minimum absolute atomic E-state index is 0.0831. The van der Waals surface area contributed by atoms with Gasteiger partial charge in [0.15, 0.2) is 12.6 Å². The van der Waals surface area contributed by atoms with Crippen molar-refractivity contribution < 1.29 is 48.6 Å². The first-order chi connectivity index (χ1) is 27.8. The molecule has 6 aliphatic rings. The quantitative estimate of drug-likeness (QED) is 0.161. The number of aliphatic hydroxyl groups is 3. The predicted octanol–water partition coefficient (Wildman–Crippen LogP) is 5.52. The van der Waals surface area contributed by atoms with Gasteiger partial charge in [0.1, 0.15) is 30.0 Å². The van der Waals surface area contributed by atoms with E-state index in [9.17, 15) is 24.9 Å². The maximum absolute atomic E-state index is 13.4. The Hall–Kier alpha value is -2.58. The van der Waals surface area contributed by atoms with Gasteiger partial charge in [0, 0.05) is 12.5 Å². The molecule has 324 valence electrons. The number of amides is 2. The smallest absolute Gasteiger partial charge is 0.251 e. The molecule has 7 unspecified atom stereocenters. The molecule has 16 atom stereocenters. The lowest BCUT2D eigenvalue weighted by atomic mass is 9.50. The number of carbonyl (C=O) groups is 2. The zero-order valence-corrected chi connectivity index (χ0v) is 35.5. The van der Waals surface area contributed by atoms with Gasteiger partial charge in [0.25, 0.3) is 5.91 Å². The third kappa shape index (κ3) is 9.18. The molecular formula is C46H70N2O10. The van der Waals surface area contributed by atoms with Gasteiger partial charge in [-0.3, -0.25) is 9.59 Å². The van der Waals surface area contributed by atoms with Crippen LogP contribution in [0, 0.1) is 46.8 Å². The zero-order chi connectivity index (χ0) is 41.3. The molecule has 3 saturated carbocycles. The van der Waals surface area contributed by atoms with Gasteiger partial charge in [-0.05, 0) is 122 Å². The number of allylic oxidation sites excluding steroid dienone is 1. The SMILES string of the molecule is COc1ccc(C(=O)NC2C(O)CCOC2OC2C(O)COC(O[C@H]3C[C@@H]4[C@H](CC[C@H]5[C@H]4CC=C4C[C@@H](O)CC[C@@]45C)[C@H]3[C@H](C)CCCC(C)C)C2NC(C)=O)cc1. The highest BCUT2D eigenvalue weighted by Crippen LogP contribution is 2.63. The van der Waals surface area contributed by atoms with Gasteiger partial charge in [-0.15, -0.1) is 0 Å². The van der Waals surface area contributed by atoms with Crippen molar-refractivity contribution in [3.63, 3.8) is 0 Å². The Bertz CT molecular complexity index is 1590. The van der Waals surface area contributed by atoms with Gasteiger partial charge in [-0.2, -0.15) is 0 Å². The van der Waals surface area contributed by atoms with Crippen molar-refractivity contribution in [1.82, 2.24) is 10.6 Å². The van der Waals surface area contributed by atoms with E-state index in [4.69, 9.17) is 23.7 Å². The van der Waals surface area contributed by atoms with E-state index < -0.39 is 48.9 Å². The van der Waals surface area contributed by atoms with E-state index in [0.717, 1.165) is 51.4 Å². The van der Waals surface area contributed by atoms with Crippen LogP contribution in [0.5, 0.6) is 5.75 Å². The van der Waals surface area contributed by atoms with E-state index in [0.29, 0.717) is 52.7 Å². The van der Waals surface area contributed by atoms with Crippen LogP contribution >= 0.6 is 0 Å². The first kappa shape index (κ1) is 43.5. The second kappa shape index (κ2) is 18.6. The summed E-state index contributed by atoms with van der Waals surface area (Å²) >= 11 is 0. The molecule has 5 fully saturated rings. The van der Waals surface area contributed by atoms with Crippen LogP contribution in [0.15, 0.2) is 35.9 Å². The fourth-order valence-electron chi connectivity index (χ4n) is 12.1. The number of fused-ring (bicyclic) bond motifs is 5. The second-order valence-electron chi connectivity index (χ2n) is 19.2. The van der Waals surface area contributed by atoms with Gasteiger partial charge < -0.3 is 49.6 Å². The highest BCUT2D eigenvalue weighted by molar-refractivity contribution is 5.94. The van der Waals surface area contributed by atoms with Crippen LogP contribution in [0.4, 0.5) is 0 Å². The summed E-state index contributed by atoms with van der Waals surface area (Å²) in [7, 11) is 1.55. The van der Waals surface area contributed by atoms with E-state index in [1.165, 1.54) is 25.3 Å². The summed E-state index contributed by atoms with van der Waals surface area (Å²) < 4.78 is 31.2. The number of methoxy groups -OCH3 is 1. The van der Waals surface area contributed by atoms with E-state index in [-0.39, 0.29) is 43.2 Å². The molecule has 2 aliphatic heterocycles. The third-order valence-electron chi connectivity index (χ3n) is 15.1. The fraction of sp³-hybridized carbons (Fsp3) is 0.783. The van der Waals surface area contributed by atoms with Crippen molar-refractivity contribution in [3.05, 3.63) is 41.5 Å². The van der Waals surface area contributed by atoms with Crippen molar-refractivity contribution in [2.45, 2.75) is 160 Å². The topological polar surface area (TPSA) is 165 Å². The van der Waals surface area contributed by atoms with E-state index in [1.807, 2.05) is 0 Å². The van der Waals surface area contributed by atoms with Crippen molar-refractivity contribution in [2.75, 3.05) is 20.3 Å². The first-order valence-electron chi connectivity index (χ1n) is 22.3. The van der Waals surface area contributed by atoms with Gasteiger partial charge in [-0.25, -0.2) is 0 Å². The van der Waals surface area contributed by atoms with Gasteiger partial charge >= 0.3 is 0 Å². The number of benzene rings is 1. The molecule has 1 aromatic rings. The molecule has 0 spiro atoms. The Balaban J connectivity index is 1.11. The first-order valence-corrected chi connectivity index (χ1v) is 22.3. The monoisotopic (exact) mass is 811 g/mol. The lowest BCUT2D eigenvalue weighted by Crippen LogP contribution is -2.65. The summed E-state index contributed by atoms with van der Waals surface area (Å²) in [5, 5.41) is 39.0. The lowest BCUT2D eigenvalue weighted by Gasteiger charge is -2.55. The number of aliphatic hydroxyl groups excluding tert-OH is 3. The molecule has 0 aromatic heterocycles. The largest absolute Gasteiger partial charge is 0.497 e. The third-order valence-corrected chi connectivity index (χ3v) is 15.1. The molecule has 0 bridgehead atoms. The average molecular weight is 811 g/mol. The maximum Gasteiger partial charge on any atom is 0.251 e. The average Bonchev–Trinajstić information content (AvgIpc) is 3.56. The van der Waals surface area contributed by atoms with Crippen molar-refractivity contribution in [1.29, 1.82) is 0 Å². The highest BCUT2D eigenvalue weighted by Gasteiger charge is 2.58. The van der Waals surface area contributed by atoms with Crippen LogP contribution < -0.4 is 15.4 Å². The number of hydrogen-bond donors (Lipinski definition) is 5. The van der Waals surface area contributed by atoms with Crippen molar-refractivity contribution in [3.8, 4) is 5.75 Å². The van der Waals surface area contributed by atoms with Crippen LogP contribution in [-0.2, 0) is 23.7 Å². The molecule has 7 rings (SSSR count). The van der Waals surface area contributed by atoms with E-state index in [1.54, 1.807) is 31.4 Å². The van der Waals surface area contributed by atoms with E-state index in [2.05, 4.69) is 44.4 Å². The molecule has 4 aliphatic carbocycles. The minimum atomic E-state index is -1.15. The molecule has 58 heavy (non-hydrogen) atoms. The number of ether oxygens (including phenoxy) is 5. The number of nitrogens with one attached hydrogen (secondary N) is 2. The predicted molar refractivity (Wildman–Crippen MR) is 218 cm³/mol. The standard InChI is InChI=1S/C46H70N2O10/c1-25(2)8-7-9-26(3)39-33-16-17-35-32(15-12-29-22-30(50)18-20-46(29,35)5)34(33)23-38(39)57-45-41(47-27(4)49)42(37(52)24-56-45)58-44-40(36(51)19-21-55-44)48-43(53)28-10-13-31(54-6)14-11-28/h10-14,25-26,30,32-42,44-45,50-52H,7-9,15-24H2,1-6H3,(H,47,49)(H,48,53)/t26-,30+,32+,33+,34+,35+,36?,37?,38+,39-,40?,41?,42?,44?,45?,46+/m1/s1. The van der Waals surface area contributed by atoms with Crippen molar-refractivity contribution >= 4 is 11.8 Å². The molecule has 0 radical (unpaired) electrons. The normalized spacial score (nSPS) is 40.4. The van der Waals surface area contributed by atoms with Gasteiger partial charge in [0.05, 0.1) is 38.6 Å². The number of hydrogen-bond acceptors (Lipinski definition) is 10. The Kier molecular flexibility index (Phi) is 13.9. The van der Waals surface area contributed by atoms with Gasteiger partial charge in [-0.1, -0.05) is 58.6 Å². The molecular weight excluding hydrogens is 741 g/mol. The molecule has 2 saturated heterocycles. The van der Waals surface area contributed by atoms with Crippen molar-refractivity contribution in [2.24, 2.45) is 46.8 Å². The molecule has 5 N–H and O–H groups in total. The Morgan fingerprint density at radius 3 is 2.38 bits per heavy atom. The number of rotatable bonds is 13. The van der Waals surface area contributed by atoms with E-state index >= 15 is 0 Å². The second-order valence-corrected chi connectivity index (χ2v) is 19.2. The van der Waals surface area contributed by atoms with Gasteiger partial charge in [0.2, 0.25) is 5.91 Å². The Labute approximate surface area is 345 Å². The maximum atomic E-state index is 13.4. The fourth-order valence-corrected chi connectivity index (χ4v) is 12.1. The molecule has 2 heterocycles. The Morgan fingerprint density at radius 2 is 1.66 bits per heavy atom. The minimum Gasteiger partial charge on any atom is -0.497 e. The van der Waals surface area contributed by atoms with Crippen LogP contribution in [0.2, 0.25) is 0 Å². The van der Waals surface area contributed by atoms with Crippen LogP contribution in [-0.4, -0.2) is 103 Å². The highest BCUT2D eigenvalue weighted by atomic mass is 16.7. The molecule has 2 amide bonds. The molecule has 12 nitrogen and oxygen atoms in total. The summed E-state index contributed by atoms with van der Waals surface area (Å²) in [5.74, 6) is 3.41. The molecule has 12 heteroatoms. The number of carbonyl (C=O) groups excluding carboxylic acids is 2. The Morgan fingerprint density at radius 1 is 0.897 bits per heavy atom. The van der Waals surface area contributed by atoms with Crippen LogP contribution in [0.25, 0.3) is 0 Å². The summed E-state index contributed by atoms with van der Waals surface area (Å²) in [6.07, 6.45) is 7.74. The molecule has 1 aromatic carbocycles. The van der Waals surface area contributed by atoms with Crippen LogP contribution in [0.1, 0.15) is 116 Å². The lowest BCUT2D eigenvalue weighted by molar-refractivity contribution is -0.297. The summed E-state index contributed by atoms with van der Waals surface area (Å²) in [5.41, 5.74) is 1.97. The van der Waals surface area contributed by atoms with Crippen LogP contribution in [0.3, 0.4) is 0 Å². The zero-order valence-electron chi connectivity index (χ0n) is 35.5.